The van der Waals surface area contributed by atoms with Crippen molar-refractivity contribution in [1.82, 2.24) is 9.97 Å². The first-order valence-electron chi connectivity index (χ1n) is 5.96. The molecule has 20 heavy (non-hydrogen) atoms. The zero-order chi connectivity index (χ0) is 14.7. The number of nitrogens with zero attached hydrogens (tertiary/aromatic N) is 1. The van der Waals surface area contributed by atoms with Gasteiger partial charge >= 0.3 is 0 Å². The summed E-state index contributed by atoms with van der Waals surface area (Å²) in [6, 6.07) is 4.66. The van der Waals surface area contributed by atoms with Gasteiger partial charge in [-0.3, -0.25) is 9.59 Å². The van der Waals surface area contributed by atoms with Crippen molar-refractivity contribution in [3.05, 3.63) is 40.4 Å². The van der Waals surface area contributed by atoms with Crippen LogP contribution in [0.15, 0.2) is 29.3 Å². The molecule has 0 aliphatic heterocycles. The molecule has 0 spiro atoms. The number of carbonyl (C=O) groups excluding carboxylic acids is 1. The number of thioether (sulfide) groups is 1. The maximum atomic E-state index is 11.5. The summed E-state index contributed by atoms with van der Waals surface area (Å²) in [5, 5.41) is 20.2. The number of aromatic nitrogens is 2. The molecule has 106 valence electrons. The summed E-state index contributed by atoms with van der Waals surface area (Å²) < 4.78 is 0. The van der Waals surface area contributed by atoms with Gasteiger partial charge in [0.05, 0.1) is 23.3 Å². The van der Waals surface area contributed by atoms with E-state index in [9.17, 15) is 19.8 Å². The fourth-order valence-corrected chi connectivity index (χ4v) is 2.37. The molecule has 0 saturated carbocycles. The van der Waals surface area contributed by atoms with Crippen LogP contribution >= 0.6 is 11.8 Å². The van der Waals surface area contributed by atoms with Crippen molar-refractivity contribution < 1.29 is 15.0 Å². The van der Waals surface area contributed by atoms with Crippen molar-refractivity contribution >= 4 is 27.8 Å². The first-order chi connectivity index (χ1) is 9.49. The number of aliphatic hydroxyl groups is 2. The van der Waals surface area contributed by atoms with Gasteiger partial charge in [0.2, 0.25) is 0 Å². The van der Waals surface area contributed by atoms with Crippen LogP contribution < -0.4 is 5.56 Å². The Kier molecular flexibility index (Phi) is 4.53. The van der Waals surface area contributed by atoms with Gasteiger partial charge in [-0.1, -0.05) is 17.8 Å². The molecule has 0 saturated heterocycles. The topological polar surface area (TPSA) is 103 Å². The third kappa shape index (κ3) is 3.24. The number of benzene rings is 1. The molecule has 1 aromatic heterocycles. The third-order valence-electron chi connectivity index (χ3n) is 2.83. The van der Waals surface area contributed by atoms with E-state index in [-0.39, 0.29) is 16.4 Å². The molecule has 2 unspecified atom stereocenters. The van der Waals surface area contributed by atoms with E-state index in [0.717, 1.165) is 11.8 Å². The lowest BCUT2D eigenvalue weighted by molar-refractivity contribution is -0.109. The highest BCUT2D eigenvalue weighted by Crippen LogP contribution is 2.22. The molecule has 2 atom stereocenters. The Balaban J connectivity index is 2.24. The second-order valence-electron chi connectivity index (χ2n) is 4.32. The zero-order valence-corrected chi connectivity index (χ0v) is 11.6. The number of hydrogen-bond donors (Lipinski definition) is 3. The number of fused-ring (bicyclic) bond motifs is 1. The molecule has 0 aliphatic carbocycles. The van der Waals surface area contributed by atoms with Crippen molar-refractivity contribution in [2.45, 2.75) is 19.1 Å². The maximum Gasteiger partial charge on any atom is 0.258 e. The number of rotatable bonds is 4. The van der Waals surface area contributed by atoms with Crippen LogP contribution in [0.5, 0.6) is 0 Å². The van der Waals surface area contributed by atoms with Crippen LogP contribution in [-0.2, 0) is 4.79 Å². The Hall–Kier alpha value is -1.70. The molecule has 6 nitrogen and oxygen atoms in total. The predicted molar refractivity (Wildman–Crippen MR) is 76.5 cm³/mol. The van der Waals surface area contributed by atoms with E-state index >= 15 is 0 Å². The number of aromatic amines is 1. The lowest BCUT2D eigenvalue weighted by Gasteiger charge is -2.17. The van der Waals surface area contributed by atoms with Gasteiger partial charge in [-0.2, -0.15) is 0 Å². The minimum atomic E-state index is -1.13. The van der Waals surface area contributed by atoms with Crippen LogP contribution in [0.1, 0.15) is 18.6 Å². The zero-order valence-electron chi connectivity index (χ0n) is 10.7. The van der Waals surface area contributed by atoms with Crippen molar-refractivity contribution in [3.63, 3.8) is 0 Å². The van der Waals surface area contributed by atoms with E-state index in [2.05, 4.69) is 9.97 Å². The summed E-state index contributed by atoms with van der Waals surface area (Å²) in [5.74, 6) is 0.108. The molecule has 7 heteroatoms. The lowest BCUT2D eigenvalue weighted by atomic mass is 10.0. The van der Waals surface area contributed by atoms with Crippen LogP contribution in [0, 0.1) is 0 Å². The highest BCUT2D eigenvalue weighted by molar-refractivity contribution is 8.13. The van der Waals surface area contributed by atoms with E-state index in [0.29, 0.717) is 16.5 Å². The Bertz CT molecular complexity index is 685. The van der Waals surface area contributed by atoms with Gasteiger partial charge in [0.25, 0.3) is 5.56 Å². The molecule has 0 amide bonds. The monoisotopic (exact) mass is 294 g/mol. The van der Waals surface area contributed by atoms with Gasteiger partial charge in [-0.05, 0) is 17.7 Å². The van der Waals surface area contributed by atoms with Crippen molar-refractivity contribution in [3.8, 4) is 0 Å². The van der Waals surface area contributed by atoms with E-state index in [1.807, 2.05) is 0 Å². The second kappa shape index (κ2) is 6.17. The third-order valence-corrected chi connectivity index (χ3v) is 3.74. The van der Waals surface area contributed by atoms with Gasteiger partial charge in [0.15, 0.2) is 5.12 Å². The number of aliphatic hydroxyl groups excluding tert-OH is 2. The molecule has 0 bridgehead atoms. The molecule has 0 radical (unpaired) electrons. The molecule has 1 heterocycles. The number of carbonyl (C=O) groups is 1. The molecule has 2 aromatic rings. The second-order valence-corrected chi connectivity index (χ2v) is 5.52. The van der Waals surface area contributed by atoms with E-state index in [4.69, 9.17) is 0 Å². The lowest BCUT2D eigenvalue weighted by Crippen LogP contribution is -2.21. The summed E-state index contributed by atoms with van der Waals surface area (Å²) in [6.45, 7) is 1.40. The SMILES string of the molecule is CC(=O)SCC(O)C(O)c1ccc2c(=O)[nH]cnc2c1. The molecule has 3 N–H and O–H groups in total. The normalized spacial score (nSPS) is 14.2. The van der Waals surface area contributed by atoms with E-state index < -0.39 is 12.2 Å². The average molecular weight is 294 g/mol. The minimum Gasteiger partial charge on any atom is -0.389 e. The fourth-order valence-electron chi connectivity index (χ4n) is 1.79. The summed E-state index contributed by atoms with van der Waals surface area (Å²) in [4.78, 5) is 28.8. The largest absolute Gasteiger partial charge is 0.389 e. The van der Waals surface area contributed by atoms with Crippen LogP contribution in [0.2, 0.25) is 0 Å². The molecule has 2 rings (SSSR count). The minimum absolute atomic E-state index is 0.108. The Morgan fingerprint density at radius 2 is 2.20 bits per heavy atom. The summed E-state index contributed by atoms with van der Waals surface area (Å²) in [6.07, 6.45) is -0.918. The number of nitrogens with one attached hydrogen (secondary N) is 1. The van der Waals surface area contributed by atoms with Crippen molar-refractivity contribution in [2.75, 3.05) is 5.75 Å². The highest BCUT2D eigenvalue weighted by atomic mass is 32.2. The quantitative estimate of drug-likeness (QED) is 0.763. The van der Waals surface area contributed by atoms with Gasteiger partial charge in [0, 0.05) is 12.7 Å². The molecule has 0 fully saturated rings. The molecular formula is C13H14N2O4S. The van der Waals surface area contributed by atoms with Gasteiger partial charge < -0.3 is 15.2 Å². The van der Waals surface area contributed by atoms with Crippen molar-refractivity contribution in [1.29, 1.82) is 0 Å². The van der Waals surface area contributed by atoms with E-state index in [1.165, 1.54) is 13.3 Å². The number of hydrogen-bond acceptors (Lipinski definition) is 6. The first-order valence-corrected chi connectivity index (χ1v) is 6.94. The van der Waals surface area contributed by atoms with Crippen LogP contribution in [0.3, 0.4) is 0 Å². The molecule has 0 aliphatic rings. The Labute approximate surface area is 118 Å². The number of H-pyrrole nitrogens is 1. The van der Waals surface area contributed by atoms with Gasteiger partial charge in [-0.15, -0.1) is 0 Å². The van der Waals surface area contributed by atoms with Crippen LogP contribution in [-0.4, -0.2) is 37.2 Å². The van der Waals surface area contributed by atoms with Crippen LogP contribution in [0.4, 0.5) is 0 Å². The summed E-state index contributed by atoms with van der Waals surface area (Å²) in [5.41, 5.74) is 0.632. The molecule has 1 aromatic carbocycles. The van der Waals surface area contributed by atoms with Crippen molar-refractivity contribution in [2.24, 2.45) is 0 Å². The maximum absolute atomic E-state index is 11.5. The Morgan fingerprint density at radius 3 is 2.90 bits per heavy atom. The predicted octanol–water partition coefficient (Wildman–Crippen LogP) is 0.597. The smallest absolute Gasteiger partial charge is 0.258 e. The van der Waals surface area contributed by atoms with E-state index in [1.54, 1.807) is 18.2 Å². The fraction of sp³-hybridized carbons (Fsp3) is 0.308. The summed E-state index contributed by atoms with van der Waals surface area (Å²) >= 11 is 0.949. The Morgan fingerprint density at radius 1 is 1.45 bits per heavy atom. The van der Waals surface area contributed by atoms with Gasteiger partial charge in [-0.25, -0.2) is 4.98 Å². The molecular weight excluding hydrogens is 280 g/mol. The first kappa shape index (κ1) is 14.7. The summed E-state index contributed by atoms with van der Waals surface area (Å²) in [7, 11) is 0. The van der Waals surface area contributed by atoms with Crippen LogP contribution in [0.25, 0.3) is 10.9 Å². The highest BCUT2D eigenvalue weighted by Gasteiger charge is 2.19. The standard InChI is InChI=1S/C13H14N2O4S/c1-7(16)20-5-11(17)12(18)8-2-3-9-10(4-8)14-6-15-13(9)19/h2-4,6,11-12,17-18H,5H2,1H3,(H,14,15,19). The average Bonchev–Trinajstić information content (AvgIpc) is 2.43. The van der Waals surface area contributed by atoms with Gasteiger partial charge in [0.1, 0.15) is 6.10 Å².